The Morgan fingerprint density at radius 2 is 1.53 bits per heavy atom. The molecule has 1 nitrogen and oxygen atoms in total. The van der Waals surface area contributed by atoms with Gasteiger partial charge in [-0.1, -0.05) is 51.1 Å². The lowest BCUT2D eigenvalue weighted by Crippen LogP contribution is -2.10. The molecule has 0 aliphatic heterocycles. The summed E-state index contributed by atoms with van der Waals surface area (Å²) in [7, 11) is 0. The highest BCUT2D eigenvalue weighted by atomic mass is 16.1. The molecule has 0 aliphatic carbocycles. The normalized spacial score (nSPS) is 11.4. The van der Waals surface area contributed by atoms with Gasteiger partial charge in [0.05, 0.1) is 0 Å². The van der Waals surface area contributed by atoms with E-state index in [9.17, 15) is 4.79 Å². The maximum Gasteiger partial charge on any atom is 0.150 e. The predicted molar refractivity (Wildman–Crippen MR) is 80.7 cm³/mol. The highest BCUT2D eigenvalue weighted by Gasteiger charge is 2.13. The second-order valence-corrected chi connectivity index (χ2v) is 6.08. The summed E-state index contributed by atoms with van der Waals surface area (Å²) >= 11 is 0. The molecule has 0 bridgehead atoms. The fraction of sp³-hybridized carbons (Fsp3) is 0.278. The van der Waals surface area contributed by atoms with E-state index in [1.807, 2.05) is 19.1 Å². The molecule has 0 amide bonds. The zero-order valence-corrected chi connectivity index (χ0v) is 12.0. The highest BCUT2D eigenvalue weighted by Crippen LogP contribution is 2.27. The predicted octanol–water partition coefficient (Wildman–Crippen LogP) is 4.77. The molecule has 0 fully saturated rings. The van der Waals surface area contributed by atoms with Crippen molar-refractivity contribution >= 4 is 6.29 Å². The first-order chi connectivity index (χ1) is 8.90. The van der Waals surface area contributed by atoms with Crippen LogP contribution in [0.2, 0.25) is 0 Å². The van der Waals surface area contributed by atoms with E-state index >= 15 is 0 Å². The van der Waals surface area contributed by atoms with Gasteiger partial charge in [0.1, 0.15) is 6.29 Å². The minimum Gasteiger partial charge on any atom is -0.298 e. The third kappa shape index (κ3) is 3.11. The average molecular weight is 252 g/mol. The van der Waals surface area contributed by atoms with E-state index in [0.717, 1.165) is 28.5 Å². The summed E-state index contributed by atoms with van der Waals surface area (Å²) < 4.78 is 0. The van der Waals surface area contributed by atoms with Crippen LogP contribution >= 0.6 is 0 Å². The number of hydrogen-bond acceptors (Lipinski definition) is 1. The Morgan fingerprint density at radius 1 is 0.895 bits per heavy atom. The van der Waals surface area contributed by atoms with E-state index in [2.05, 4.69) is 51.1 Å². The van der Waals surface area contributed by atoms with Crippen LogP contribution in [-0.4, -0.2) is 6.29 Å². The van der Waals surface area contributed by atoms with Gasteiger partial charge >= 0.3 is 0 Å². The number of carbonyl (C=O) groups is 1. The van der Waals surface area contributed by atoms with Gasteiger partial charge in [0.2, 0.25) is 0 Å². The third-order valence-corrected chi connectivity index (χ3v) is 3.32. The van der Waals surface area contributed by atoms with Gasteiger partial charge in [-0.3, -0.25) is 4.79 Å². The molecule has 19 heavy (non-hydrogen) atoms. The lowest BCUT2D eigenvalue weighted by molar-refractivity contribution is 0.112. The molecule has 0 saturated heterocycles. The van der Waals surface area contributed by atoms with Gasteiger partial charge in [-0.25, -0.2) is 0 Å². The van der Waals surface area contributed by atoms with Crippen LogP contribution in [0.4, 0.5) is 0 Å². The van der Waals surface area contributed by atoms with Crippen LogP contribution in [0.5, 0.6) is 0 Å². The van der Waals surface area contributed by atoms with Crippen molar-refractivity contribution in [2.45, 2.75) is 33.1 Å². The molecular weight excluding hydrogens is 232 g/mol. The average Bonchev–Trinajstić information content (AvgIpc) is 2.37. The Kier molecular flexibility index (Phi) is 3.57. The van der Waals surface area contributed by atoms with Gasteiger partial charge in [0, 0.05) is 5.56 Å². The standard InChI is InChI=1S/C18H20O/c1-13-9-14(12-19)11-16(10-13)15-5-7-17(8-6-15)18(2,3)4/h5-12H,1-4H3. The zero-order valence-electron chi connectivity index (χ0n) is 12.0. The fourth-order valence-corrected chi connectivity index (χ4v) is 2.21. The molecule has 0 radical (unpaired) electrons. The molecule has 0 aliphatic rings. The van der Waals surface area contributed by atoms with Gasteiger partial charge in [0.25, 0.3) is 0 Å². The van der Waals surface area contributed by atoms with Gasteiger partial charge in [-0.2, -0.15) is 0 Å². The summed E-state index contributed by atoms with van der Waals surface area (Å²) in [5.41, 5.74) is 5.58. The number of carbonyl (C=O) groups excluding carboxylic acids is 1. The first kappa shape index (κ1) is 13.5. The van der Waals surface area contributed by atoms with Crippen molar-refractivity contribution < 1.29 is 4.79 Å². The summed E-state index contributed by atoms with van der Waals surface area (Å²) in [5.74, 6) is 0. The van der Waals surface area contributed by atoms with Crippen LogP contribution in [-0.2, 0) is 5.41 Å². The van der Waals surface area contributed by atoms with Crippen molar-refractivity contribution in [3.05, 3.63) is 59.2 Å². The minimum absolute atomic E-state index is 0.166. The van der Waals surface area contributed by atoms with Crippen molar-refractivity contribution in [1.29, 1.82) is 0 Å². The first-order valence-electron chi connectivity index (χ1n) is 6.58. The number of aryl methyl sites for hydroxylation is 1. The van der Waals surface area contributed by atoms with Gasteiger partial charge < -0.3 is 0 Å². The fourth-order valence-electron chi connectivity index (χ4n) is 2.21. The number of benzene rings is 2. The second-order valence-electron chi connectivity index (χ2n) is 6.08. The van der Waals surface area contributed by atoms with Crippen molar-refractivity contribution in [2.24, 2.45) is 0 Å². The first-order valence-corrected chi connectivity index (χ1v) is 6.58. The number of hydrogen-bond donors (Lipinski definition) is 0. The van der Waals surface area contributed by atoms with Gasteiger partial charge in [-0.15, -0.1) is 0 Å². The molecule has 0 saturated carbocycles. The Labute approximate surface area is 115 Å². The number of rotatable bonds is 2. The van der Waals surface area contributed by atoms with Gasteiger partial charge in [0.15, 0.2) is 0 Å². The largest absolute Gasteiger partial charge is 0.298 e. The Hall–Kier alpha value is -1.89. The van der Waals surface area contributed by atoms with Crippen molar-refractivity contribution in [3.8, 4) is 11.1 Å². The maximum absolute atomic E-state index is 10.9. The zero-order chi connectivity index (χ0) is 14.0. The Balaban J connectivity index is 2.42. The third-order valence-electron chi connectivity index (χ3n) is 3.32. The van der Waals surface area contributed by atoms with Crippen molar-refractivity contribution in [2.75, 3.05) is 0 Å². The molecular formula is C18H20O. The lowest BCUT2D eigenvalue weighted by atomic mass is 9.86. The van der Waals surface area contributed by atoms with Crippen LogP contribution < -0.4 is 0 Å². The van der Waals surface area contributed by atoms with Crippen molar-refractivity contribution in [3.63, 3.8) is 0 Å². The Morgan fingerprint density at radius 3 is 2.05 bits per heavy atom. The maximum atomic E-state index is 10.9. The smallest absolute Gasteiger partial charge is 0.150 e. The van der Waals surface area contributed by atoms with E-state index in [1.165, 1.54) is 5.56 Å². The van der Waals surface area contributed by atoms with Crippen LogP contribution in [0.15, 0.2) is 42.5 Å². The molecule has 0 spiro atoms. The molecule has 2 aromatic carbocycles. The van der Waals surface area contributed by atoms with Gasteiger partial charge in [-0.05, 0) is 46.7 Å². The molecule has 0 heterocycles. The van der Waals surface area contributed by atoms with E-state index in [0.29, 0.717) is 0 Å². The molecule has 2 rings (SSSR count). The molecule has 98 valence electrons. The second kappa shape index (κ2) is 5.00. The summed E-state index contributed by atoms with van der Waals surface area (Å²) in [5, 5.41) is 0. The Bertz CT molecular complexity index is 586. The van der Waals surface area contributed by atoms with E-state index in [1.54, 1.807) is 0 Å². The molecule has 0 N–H and O–H groups in total. The number of aldehydes is 1. The van der Waals surface area contributed by atoms with Crippen LogP contribution in [0.25, 0.3) is 11.1 Å². The topological polar surface area (TPSA) is 17.1 Å². The molecule has 0 unspecified atom stereocenters. The summed E-state index contributed by atoms with van der Waals surface area (Å²) in [4.78, 5) is 10.9. The highest BCUT2D eigenvalue weighted by molar-refractivity contribution is 5.79. The monoisotopic (exact) mass is 252 g/mol. The minimum atomic E-state index is 0.166. The SMILES string of the molecule is Cc1cc(C=O)cc(-c2ccc(C(C)(C)C)cc2)c1. The molecule has 0 aromatic heterocycles. The van der Waals surface area contributed by atoms with E-state index in [4.69, 9.17) is 0 Å². The van der Waals surface area contributed by atoms with Crippen LogP contribution in [0.3, 0.4) is 0 Å². The summed E-state index contributed by atoms with van der Waals surface area (Å²) in [6.07, 6.45) is 0.903. The quantitative estimate of drug-likeness (QED) is 0.703. The molecule has 2 aromatic rings. The molecule has 0 atom stereocenters. The van der Waals surface area contributed by atoms with Crippen LogP contribution in [0, 0.1) is 6.92 Å². The van der Waals surface area contributed by atoms with Crippen LogP contribution in [0.1, 0.15) is 42.3 Å². The van der Waals surface area contributed by atoms with E-state index in [-0.39, 0.29) is 5.41 Å². The van der Waals surface area contributed by atoms with E-state index < -0.39 is 0 Å². The lowest BCUT2D eigenvalue weighted by Gasteiger charge is -2.19. The summed E-state index contributed by atoms with van der Waals surface area (Å²) in [6.45, 7) is 8.64. The summed E-state index contributed by atoms with van der Waals surface area (Å²) in [6, 6.07) is 14.5. The van der Waals surface area contributed by atoms with Crippen molar-refractivity contribution in [1.82, 2.24) is 0 Å². The molecule has 1 heteroatoms.